The minimum atomic E-state index is -0.507. The Kier molecular flexibility index (Phi) is 3.98. The van der Waals surface area contributed by atoms with Gasteiger partial charge in [-0.25, -0.2) is 4.98 Å². The molecule has 1 aliphatic heterocycles. The van der Waals surface area contributed by atoms with E-state index in [1.807, 2.05) is 11.8 Å². The number of anilines is 1. The number of methoxy groups -OCH3 is 1. The lowest BCUT2D eigenvalue weighted by Gasteiger charge is -2.06. The second-order valence-corrected chi connectivity index (χ2v) is 6.58. The third-order valence-electron chi connectivity index (χ3n) is 3.08. The maximum atomic E-state index is 12.3. The average Bonchev–Trinajstić information content (AvgIpc) is 2.88. The predicted molar refractivity (Wildman–Crippen MR) is 83.5 cm³/mol. The summed E-state index contributed by atoms with van der Waals surface area (Å²) in [6, 6.07) is 1.54. The van der Waals surface area contributed by atoms with E-state index < -0.39 is 11.5 Å². The summed E-state index contributed by atoms with van der Waals surface area (Å²) >= 11 is 3.32. The van der Waals surface area contributed by atoms with Crippen molar-refractivity contribution in [2.45, 2.75) is 12.2 Å². The maximum absolute atomic E-state index is 12.3. The summed E-state index contributed by atoms with van der Waals surface area (Å²) < 4.78 is 5.07. The first kappa shape index (κ1) is 14.2. The number of ether oxygens (including phenoxy) is 1. The molecule has 1 amide bonds. The quantitative estimate of drug-likeness (QED) is 0.901. The molecule has 2 aromatic heterocycles. The number of H-pyrrole nitrogens is 1. The van der Waals surface area contributed by atoms with Crippen molar-refractivity contribution >= 4 is 34.1 Å². The lowest BCUT2D eigenvalue weighted by Crippen LogP contribution is -2.23. The largest absolute Gasteiger partial charge is 0.496 e. The molecule has 8 heteroatoms. The fraction of sp³-hybridized carbons (Fsp3) is 0.308. The van der Waals surface area contributed by atoms with E-state index >= 15 is 0 Å². The van der Waals surface area contributed by atoms with Crippen molar-refractivity contribution in [2.24, 2.45) is 0 Å². The van der Waals surface area contributed by atoms with Crippen LogP contribution in [0, 0.1) is 0 Å². The van der Waals surface area contributed by atoms with Crippen LogP contribution >= 0.6 is 23.1 Å². The van der Waals surface area contributed by atoms with Crippen molar-refractivity contribution < 1.29 is 9.53 Å². The van der Waals surface area contributed by atoms with Crippen LogP contribution in [0.1, 0.15) is 20.9 Å². The van der Waals surface area contributed by atoms with E-state index in [1.165, 1.54) is 29.5 Å². The van der Waals surface area contributed by atoms with Crippen molar-refractivity contribution in [3.05, 3.63) is 38.8 Å². The maximum Gasteiger partial charge on any atom is 0.266 e. The van der Waals surface area contributed by atoms with Crippen LogP contribution in [0.2, 0.25) is 0 Å². The second kappa shape index (κ2) is 5.90. The summed E-state index contributed by atoms with van der Waals surface area (Å²) in [6.07, 6.45) is 2.36. The standard InChI is InChI=1S/C13H13N3O3S2/c1-19-8-2-4-14-11(17)10(8)12(18)16-13-15-7-3-5-20-6-9(7)21-13/h2,4H,3,5-6H2,1H3,(H,14,17)(H,15,16,18). The number of nitrogens with one attached hydrogen (secondary N) is 2. The van der Waals surface area contributed by atoms with Crippen molar-refractivity contribution in [3.63, 3.8) is 0 Å². The first-order chi connectivity index (χ1) is 10.2. The molecule has 1 aliphatic rings. The van der Waals surface area contributed by atoms with Gasteiger partial charge in [0.25, 0.3) is 11.5 Å². The number of rotatable bonds is 3. The van der Waals surface area contributed by atoms with E-state index in [-0.39, 0.29) is 11.3 Å². The van der Waals surface area contributed by atoms with Crippen LogP contribution in [-0.2, 0) is 12.2 Å². The molecule has 3 heterocycles. The Morgan fingerprint density at radius 2 is 2.38 bits per heavy atom. The number of pyridine rings is 1. The first-order valence-corrected chi connectivity index (χ1v) is 8.29. The number of aromatic amines is 1. The molecule has 2 N–H and O–H groups in total. The zero-order chi connectivity index (χ0) is 14.8. The number of aryl methyl sites for hydroxylation is 1. The van der Waals surface area contributed by atoms with Crippen molar-refractivity contribution in [3.8, 4) is 5.75 Å². The fourth-order valence-corrected chi connectivity index (χ4v) is 4.20. The molecule has 0 bridgehead atoms. The lowest BCUT2D eigenvalue weighted by molar-refractivity contribution is 0.102. The molecule has 0 aliphatic carbocycles. The minimum Gasteiger partial charge on any atom is -0.496 e. The third-order valence-corrected chi connectivity index (χ3v) is 5.27. The molecule has 0 fully saturated rings. The zero-order valence-corrected chi connectivity index (χ0v) is 12.9. The molecule has 0 radical (unpaired) electrons. The number of hydrogen-bond acceptors (Lipinski definition) is 6. The Labute approximate surface area is 128 Å². The Balaban J connectivity index is 1.87. The highest BCUT2D eigenvalue weighted by Crippen LogP contribution is 2.32. The number of aromatic nitrogens is 2. The summed E-state index contributed by atoms with van der Waals surface area (Å²) in [5.74, 6) is 1.72. The van der Waals surface area contributed by atoms with Crippen LogP contribution in [-0.4, -0.2) is 28.7 Å². The lowest BCUT2D eigenvalue weighted by atomic mass is 10.2. The van der Waals surface area contributed by atoms with E-state index in [0.29, 0.717) is 5.13 Å². The Hall–Kier alpha value is -1.80. The van der Waals surface area contributed by atoms with Gasteiger partial charge in [0.15, 0.2) is 5.13 Å². The van der Waals surface area contributed by atoms with E-state index in [1.54, 1.807) is 6.07 Å². The Morgan fingerprint density at radius 3 is 3.14 bits per heavy atom. The number of nitrogens with zero attached hydrogens (tertiary/aromatic N) is 1. The molecule has 0 aromatic carbocycles. The topological polar surface area (TPSA) is 84.1 Å². The number of amides is 1. The molecule has 21 heavy (non-hydrogen) atoms. The Bertz CT molecular complexity index is 715. The highest BCUT2D eigenvalue weighted by Gasteiger charge is 2.20. The van der Waals surface area contributed by atoms with Crippen molar-refractivity contribution in [1.82, 2.24) is 9.97 Å². The molecule has 0 saturated heterocycles. The van der Waals surface area contributed by atoms with Crippen molar-refractivity contribution in [1.29, 1.82) is 0 Å². The molecule has 0 atom stereocenters. The van der Waals surface area contributed by atoms with Crippen LogP contribution in [0.25, 0.3) is 0 Å². The number of thioether (sulfide) groups is 1. The van der Waals surface area contributed by atoms with Crippen LogP contribution in [0.4, 0.5) is 5.13 Å². The van der Waals surface area contributed by atoms with E-state index in [0.717, 1.165) is 23.6 Å². The van der Waals surface area contributed by atoms with Crippen molar-refractivity contribution in [2.75, 3.05) is 18.2 Å². The van der Waals surface area contributed by atoms with Gasteiger partial charge in [-0.1, -0.05) is 0 Å². The summed E-state index contributed by atoms with van der Waals surface area (Å²) in [7, 11) is 1.42. The van der Waals surface area contributed by atoms with Crippen LogP contribution in [0.15, 0.2) is 17.1 Å². The predicted octanol–water partition coefficient (Wildman–Crippen LogP) is 1.88. The van der Waals surface area contributed by atoms with Gasteiger partial charge in [-0.05, 0) is 18.2 Å². The smallest absolute Gasteiger partial charge is 0.266 e. The molecule has 6 nitrogen and oxygen atoms in total. The number of carbonyl (C=O) groups is 1. The average molecular weight is 323 g/mol. The molecular formula is C13H13N3O3S2. The first-order valence-electron chi connectivity index (χ1n) is 6.32. The monoisotopic (exact) mass is 323 g/mol. The SMILES string of the molecule is COc1cc[nH]c(=O)c1C(=O)Nc1nc2c(s1)CSCC2. The van der Waals surface area contributed by atoms with E-state index in [9.17, 15) is 9.59 Å². The second-order valence-electron chi connectivity index (χ2n) is 4.40. The van der Waals surface area contributed by atoms with Gasteiger partial charge in [0.1, 0.15) is 11.3 Å². The number of thiazole rings is 1. The zero-order valence-electron chi connectivity index (χ0n) is 11.3. The fourth-order valence-electron chi connectivity index (χ4n) is 2.08. The van der Waals surface area contributed by atoms with Crippen LogP contribution in [0.3, 0.4) is 0 Å². The third kappa shape index (κ3) is 2.81. The van der Waals surface area contributed by atoms with E-state index in [2.05, 4.69) is 15.3 Å². The van der Waals surface area contributed by atoms with Gasteiger partial charge in [0.05, 0.1) is 12.8 Å². The van der Waals surface area contributed by atoms with Gasteiger partial charge in [-0.3, -0.25) is 14.9 Å². The van der Waals surface area contributed by atoms with E-state index in [4.69, 9.17) is 4.74 Å². The number of hydrogen-bond donors (Lipinski definition) is 2. The molecule has 2 aromatic rings. The normalized spacial score (nSPS) is 13.6. The van der Waals surface area contributed by atoms with Gasteiger partial charge >= 0.3 is 0 Å². The number of fused-ring (bicyclic) bond motifs is 1. The summed E-state index contributed by atoms with van der Waals surface area (Å²) in [5.41, 5.74) is 0.522. The van der Waals surface area contributed by atoms with Crippen LogP contribution in [0.5, 0.6) is 5.75 Å². The van der Waals surface area contributed by atoms with Gasteiger partial charge in [0.2, 0.25) is 0 Å². The molecule has 110 valence electrons. The van der Waals surface area contributed by atoms with Gasteiger partial charge in [0, 0.05) is 16.8 Å². The summed E-state index contributed by atoms with van der Waals surface area (Å²) in [6.45, 7) is 0. The van der Waals surface area contributed by atoms with Gasteiger partial charge < -0.3 is 9.72 Å². The molecular weight excluding hydrogens is 310 g/mol. The molecule has 0 saturated carbocycles. The number of carbonyl (C=O) groups excluding carboxylic acids is 1. The summed E-state index contributed by atoms with van der Waals surface area (Å²) in [4.78, 5) is 32.2. The molecule has 3 rings (SSSR count). The van der Waals surface area contributed by atoms with Gasteiger partial charge in [-0.15, -0.1) is 11.3 Å². The van der Waals surface area contributed by atoms with Crippen LogP contribution < -0.4 is 15.6 Å². The molecule has 0 spiro atoms. The summed E-state index contributed by atoms with van der Waals surface area (Å²) in [5, 5.41) is 3.22. The highest BCUT2D eigenvalue weighted by atomic mass is 32.2. The van der Waals surface area contributed by atoms with Gasteiger partial charge in [-0.2, -0.15) is 11.8 Å². The minimum absolute atomic E-state index is 0.0393. The molecule has 0 unspecified atom stereocenters. The Morgan fingerprint density at radius 1 is 1.52 bits per heavy atom. The highest BCUT2D eigenvalue weighted by molar-refractivity contribution is 7.98.